The van der Waals surface area contributed by atoms with Crippen LogP contribution in [0.5, 0.6) is 11.5 Å². The van der Waals surface area contributed by atoms with Crippen LogP contribution in [0.15, 0.2) is 47.3 Å². The molecule has 0 saturated carbocycles. The normalized spacial score (nSPS) is 18.2. The van der Waals surface area contributed by atoms with Crippen LogP contribution >= 0.6 is 0 Å². The first-order valence-electron chi connectivity index (χ1n) is 12.7. The van der Waals surface area contributed by atoms with Gasteiger partial charge in [0, 0.05) is 25.4 Å². The van der Waals surface area contributed by atoms with Gasteiger partial charge in [0.25, 0.3) is 0 Å². The van der Waals surface area contributed by atoms with E-state index < -0.39 is 29.7 Å². The second-order valence-electron chi connectivity index (χ2n) is 10.7. The van der Waals surface area contributed by atoms with E-state index in [4.69, 9.17) is 18.9 Å². The highest BCUT2D eigenvalue weighted by Crippen LogP contribution is 2.49. The van der Waals surface area contributed by atoms with Crippen molar-refractivity contribution in [3.63, 3.8) is 0 Å². The molecule has 0 aliphatic carbocycles. The Kier molecular flexibility index (Phi) is 6.50. The molecule has 0 radical (unpaired) electrons. The van der Waals surface area contributed by atoms with Crippen LogP contribution in [0.3, 0.4) is 0 Å². The maximum atomic E-state index is 14.1. The molecule has 9 nitrogen and oxygen atoms in total. The number of aryl methyl sites for hydroxylation is 1. The molecular weight excluding hydrogens is 500 g/mol. The summed E-state index contributed by atoms with van der Waals surface area (Å²) in [7, 11) is 6.85. The Bertz CT molecular complexity index is 1700. The number of hydrogen-bond donors (Lipinski definition) is 0. The number of carbonyl (C=O) groups excluding carboxylic acids is 2. The molecule has 2 heterocycles. The molecule has 0 saturated heterocycles. The largest absolute Gasteiger partial charge is 0.496 e. The van der Waals surface area contributed by atoms with Gasteiger partial charge in [0.15, 0.2) is 12.2 Å². The lowest BCUT2D eigenvalue weighted by Crippen LogP contribution is -2.52. The van der Waals surface area contributed by atoms with Gasteiger partial charge in [-0.05, 0) is 50.8 Å². The third kappa shape index (κ3) is 4.46. The number of benzene rings is 3. The Balaban J connectivity index is 1.87. The number of likely N-dealkylation sites (N-methyl/N-ethyl adjacent to an activating group) is 1. The maximum Gasteiger partial charge on any atom is 0.320 e. The molecule has 5 rings (SSSR count). The van der Waals surface area contributed by atoms with Crippen LogP contribution in [-0.2, 0) is 26.1 Å². The van der Waals surface area contributed by atoms with Gasteiger partial charge >= 0.3 is 11.9 Å². The molecular formula is C30H32N2O7. The fourth-order valence-electron chi connectivity index (χ4n) is 5.47. The lowest BCUT2D eigenvalue weighted by atomic mass is 9.86. The summed E-state index contributed by atoms with van der Waals surface area (Å²) in [6.45, 7) is 4.86. The van der Waals surface area contributed by atoms with Crippen molar-refractivity contribution in [1.29, 1.82) is 0 Å². The third-order valence-electron chi connectivity index (χ3n) is 7.13. The van der Waals surface area contributed by atoms with Gasteiger partial charge in [0.05, 0.1) is 35.6 Å². The van der Waals surface area contributed by atoms with Gasteiger partial charge in [-0.25, -0.2) is 0 Å². The van der Waals surface area contributed by atoms with Gasteiger partial charge < -0.3 is 23.5 Å². The summed E-state index contributed by atoms with van der Waals surface area (Å²) >= 11 is 0. The summed E-state index contributed by atoms with van der Waals surface area (Å²) in [6.07, 6.45) is -2.02. The molecule has 9 heteroatoms. The van der Waals surface area contributed by atoms with Crippen molar-refractivity contribution in [3.05, 3.63) is 58.3 Å². The minimum Gasteiger partial charge on any atom is -0.496 e. The molecule has 1 aliphatic rings. The van der Waals surface area contributed by atoms with Crippen molar-refractivity contribution in [2.75, 3.05) is 27.7 Å². The molecule has 1 aliphatic heterocycles. The van der Waals surface area contributed by atoms with E-state index in [0.29, 0.717) is 38.9 Å². The number of fused-ring (bicyclic) bond motifs is 5. The van der Waals surface area contributed by atoms with Gasteiger partial charge in [0.2, 0.25) is 5.43 Å². The van der Waals surface area contributed by atoms with E-state index >= 15 is 0 Å². The van der Waals surface area contributed by atoms with Crippen LogP contribution in [0.25, 0.3) is 32.6 Å². The number of methoxy groups -OCH3 is 1. The first kappa shape index (κ1) is 26.5. The predicted octanol–water partition coefficient (Wildman–Crippen LogP) is 4.10. The van der Waals surface area contributed by atoms with E-state index in [1.54, 1.807) is 38.9 Å². The summed E-state index contributed by atoms with van der Waals surface area (Å²) in [6, 6.07) is 13.3. The van der Waals surface area contributed by atoms with Gasteiger partial charge in [-0.15, -0.1) is 0 Å². The quantitative estimate of drug-likeness (QED) is 0.280. The summed E-state index contributed by atoms with van der Waals surface area (Å²) in [5.41, 5.74) is 0.315. The number of aromatic nitrogens is 1. The van der Waals surface area contributed by atoms with Gasteiger partial charge in [0.1, 0.15) is 17.1 Å². The molecule has 3 aromatic carbocycles. The smallest absolute Gasteiger partial charge is 0.320 e. The molecule has 0 unspecified atom stereocenters. The number of esters is 2. The lowest BCUT2D eigenvalue weighted by Gasteiger charge is -2.43. The highest BCUT2D eigenvalue weighted by molar-refractivity contribution is 6.04. The third-order valence-corrected chi connectivity index (χ3v) is 7.13. The molecule has 2 atom stereocenters. The highest BCUT2D eigenvalue weighted by atomic mass is 16.6. The van der Waals surface area contributed by atoms with Gasteiger partial charge in [-0.1, -0.05) is 24.3 Å². The number of rotatable bonds is 5. The summed E-state index contributed by atoms with van der Waals surface area (Å²) in [5.74, 6) is -0.338. The average molecular weight is 533 g/mol. The Morgan fingerprint density at radius 2 is 1.74 bits per heavy atom. The Labute approximate surface area is 225 Å². The second-order valence-corrected chi connectivity index (χ2v) is 10.7. The number of ether oxygens (including phenoxy) is 4. The monoisotopic (exact) mass is 532 g/mol. The maximum absolute atomic E-state index is 14.1. The molecule has 0 amide bonds. The van der Waals surface area contributed by atoms with E-state index in [1.165, 1.54) is 14.0 Å². The summed E-state index contributed by atoms with van der Waals surface area (Å²) < 4.78 is 25.8. The van der Waals surface area contributed by atoms with E-state index in [9.17, 15) is 14.4 Å². The fourth-order valence-corrected chi connectivity index (χ4v) is 5.47. The van der Waals surface area contributed by atoms with Crippen LogP contribution in [0.2, 0.25) is 0 Å². The van der Waals surface area contributed by atoms with Gasteiger partial charge in [-0.2, -0.15) is 0 Å². The molecule has 0 fully saturated rings. The summed E-state index contributed by atoms with van der Waals surface area (Å²) in [5, 5.41) is 2.76. The molecule has 1 aromatic heterocycles. The standard InChI is InChI=1S/C30H32N2O7/c1-16(33)37-28-25-22(39-30(2,3)29(28)38-23(34)15-31(4)5)14-21(36-7)24-26(25)32(6)20-13-18-11-9-8-10-17(18)12-19(20)27(24)35/h8-14,28-29H,15H2,1-7H3/t28-,29-/m0/s1. The number of pyridine rings is 1. The van der Waals surface area contributed by atoms with Crippen molar-refractivity contribution in [2.45, 2.75) is 38.6 Å². The van der Waals surface area contributed by atoms with Crippen molar-refractivity contribution in [3.8, 4) is 11.5 Å². The summed E-state index contributed by atoms with van der Waals surface area (Å²) in [4.78, 5) is 41.0. The van der Waals surface area contributed by atoms with E-state index in [0.717, 1.165) is 10.8 Å². The number of nitrogens with zero attached hydrogens (tertiary/aromatic N) is 2. The van der Waals surface area contributed by atoms with Crippen LogP contribution < -0.4 is 14.9 Å². The predicted molar refractivity (Wildman–Crippen MR) is 148 cm³/mol. The van der Waals surface area contributed by atoms with Gasteiger partial charge in [-0.3, -0.25) is 19.3 Å². The topological polar surface area (TPSA) is 96.3 Å². The highest BCUT2D eigenvalue weighted by Gasteiger charge is 2.50. The van der Waals surface area contributed by atoms with Crippen LogP contribution in [0.4, 0.5) is 0 Å². The van der Waals surface area contributed by atoms with E-state index in [1.807, 2.05) is 48.0 Å². The molecule has 0 spiro atoms. The zero-order chi connectivity index (χ0) is 28.2. The van der Waals surface area contributed by atoms with E-state index in [-0.39, 0.29) is 12.0 Å². The Hall–Kier alpha value is -4.11. The van der Waals surface area contributed by atoms with Crippen molar-refractivity contribution >= 4 is 44.5 Å². The SMILES string of the molecule is COc1cc2c(c3c1c(=O)c1cc4ccccc4cc1n3C)[C@H](OC(C)=O)[C@H](OC(=O)CN(C)C)C(C)(C)O2. The lowest BCUT2D eigenvalue weighted by molar-refractivity contribution is -0.189. The zero-order valence-corrected chi connectivity index (χ0v) is 23.2. The molecule has 0 bridgehead atoms. The first-order chi connectivity index (χ1) is 18.4. The number of hydrogen-bond acceptors (Lipinski definition) is 8. The van der Waals surface area contributed by atoms with Crippen LogP contribution in [0.1, 0.15) is 32.4 Å². The molecule has 4 aromatic rings. The Morgan fingerprint density at radius 3 is 2.36 bits per heavy atom. The zero-order valence-electron chi connectivity index (χ0n) is 23.2. The molecule has 0 N–H and O–H groups in total. The Morgan fingerprint density at radius 1 is 1.08 bits per heavy atom. The molecule has 204 valence electrons. The minimum atomic E-state index is -1.07. The van der Waals surface area contributed by atoms with Crippen molar-refractivity contribution in [2.24, 2.45) is 7.05 Å². The van der Waals surface area contributed by atoms with Crippen LogP contribution in [-0.4, -0.2) is 60.9 Å². The van der Waals surface area contributed by atoms with Crippen LogP contribution in [0, 0.1) is 0 Å². The first-order valence-corrected chi connectivity index (χ1v) is 12.7. The minimum absolute atomic E-state index is 0.0335. The van der Waals surface area contributed by atoms with Crippen molar-refractivity contribution < 1.29 is 28.5 Å². The average Bonchev–Trinajstić information content (AvgIpc) is 2.86. The van der Waals surface area contributed by atoms with E-state index in [2.05, 4.69) is 0 Å². The number of carbonyl (C=O) groups is 2. The fraction of sp³-hybridized carbons (Fsp3) is 0.367. The molecule has 39 heavy (non-hydrogen) atoms. The second kappa shape index (κ2) is 9.57. The van der Waals surface area contributed by atoms with Crippen molar-refractivity contribution in [1.82, 2.24) is 9.47 Å².